The first-order valence-electron chi connectivity index (χ1n) is 7.71. The molecule has 0 spiro atoms. The van der Waals surface area contributed by atoms with Gasteiger partial charge >= 0.3 is 0 Å². The molecule has 2 heterocycles. The molecule has 1 aromatic carbocycles. The third kappa shape index (κ3) is 2.71. The minimum Gasteiger partial charge on any atom is -0.463 e. The Morgan fingerprint density at radius 2 is 2.14 bits per heavy atom. The van der Waals surface area contributed by atoms with Gasteiger partial charge in [-0.2, -0.15) is 0 Å². The molecule has 5 heteroatoms. The van der Waals surface area contributed by atoms with Gasteiger partial charge < -0.3 is 14.2 Å². The van der Waals surface area contributed by atoms with Crippen molar-refractivity contribution in [2.75, 3.05) is 26.2 Å². The van der Waals surface area contributed by atoms with Crippen LogP contribution in [-0.4, -0.2) is 48.3 Å². The van der Waals surface area contributed by atoms with Gasteiger partial charge in [0.2, 0.25) is 6.41 Å². The van der Waals surface area contributed by atoms with E-state index in [0.717, 1.165) is 30.2 Å². The van der Waals surface area contributed by atoms with E-state index in [0.29, 0.717) is 31.7 Å². The first-order chi connectivity index (χ1) is 10.7. The van der Waals surface area contributed by atoms with Gasteiger partial charge in [-0.15, -0.1) is 0 Å². The van der Waals surface area contributed by atoms with Crippen molar-refractivity contribution in [3.63, 3.8) is 0 Å². The molecular formula is C17H20N2O3. The van der Waals surface area contributed by atoms with Gasteiger partial charge in [0, 0.05) is 31.6 Å². The molecule has 0 saturated carbocycles. The van der Waals surface area contributed by atoms with Crippen LogP contribution < -0.4 is 0 Å². The molecule has 3 rings (SSSR count). The summed E-state index contributed by atoms with van der Waals surface area (Å²) in [5.41, 5.74) is 2.54. The van der Waals surface area contributed by atoms with E-state index < -0.39 is 0 Å². The highest BCUT2D eigenvalue weighted by Crippen LogP contribution is 2.24. The maximum Gasteiger partial charge on any atom is 0.257 e. The molecule has 1 aliphatic rings. The minimum atomic E-state index is -0.0141. The molecule has 1 aliphatic heterocycles. The van der Waals surface area contributed by atoms with Crippen LogP contribution in [0, 0.1) is 0 Å². The predicted octanol–water partition coefficient (Wildman–Crippen LogP) is 2.30. The molecule has 2 amide bonds. The number of carbonyl (C=O) groups is 2. The molecule has 116 valence electrons. The number of furan rings is 1. The molecule has 2 aromatic rings. The van der Waals surface area contributed by atoms with Crippen molar-refractivity contribution in [3.8, 4) is 0 Å². The van der Waals surface area contributed by atoms with Crippen molar-refractivity contribution in [2.24, 2.45) is 0 Å². The van der Waals surface area contributed by atoms with Crippen molar-refractivity contribution >= 4 is 23.3 Å². The fourth-order valence-corrected chi connectivity index (χ4v) is 2.88. The maximum atomic E-state index is 12.8. The molecule has 1 aromatic heterocycles. The summed E-state index contributed by atoms with van der Waals surface area (Å²) in [4.78, 5) is 27.2. The maximum absolute atomic E-state index is 12.8. The molecule has 0 radical (unpaired) electrons. The number of hydrogen-bond acceptors (Lipinski definition) is 3. The van der Waals surface area contributed by atoms with Crippen LogP contribution in [0.4, 0.5) is 0 Å². The highest BCUT2D eigenvalue weighted by molar-refractivity contribution is 6.06. The molecule has 22 heavy (non-hydrogen) atoms. The lowest BCUT2D eigenvalue weighted by atomic mass is 10.1. The lowest BCUT2D eigenvalue weighted by Crippen LogP contribution is -2.34. The van der Waals surface area contributed by atoms with Crippen LogP contribution in [0.3, 0.4) is 0 Å². The quantitative estimate of drug-likeness (QED) is 0.817. The summed E-state index contributed by atoms with van der Waals surface area (Å²) in [6.45, 7) is 4.62. The summed E-state index contributed by atoms with van der Waals surface area (Å²) in [7, 11) is 0. The van der Waals surface area contributed by atoms with Crippen molar-refractivity contribution in [2.45, 2.75) is 19.8 Å². The highest BCUT2D eigenvalue weighted by Gasteiger charge is 2.22. The molecule has 1 saturated heterocycles. The third-order valence-electron chi connectivity index (χ3n) is 4.24. The number of rotatable bonds is 3. The van der Waals surface area contributed by atoms with Crippen LogP contribution >= 0.6 is 0 Å². The molecule has 5 nitrogen and oxygen atoms in total. The Balaban J connectivity index is 1.87. The van der Waals surface area contributed by atoms with E-state index in [1.54, 1.807) is 11.2 Å². The first-order valence-corrected chi connectivity index (χ1v) is 7.71. The van der Waals surface area contributed by atoms with Crippen molar-refractivity contribution < 1.29 is 14.0 Å². The predicted molar refractivity (Wildman–Crippen MR) is 83.7 cm³/mol. The monoisotopic (exact) mass is 300 g/mol. The lowest BCUT2D eigenvalue weighted by molar-refractivity contribution is -0.118. The number of nitrogens with zero attached hydrogens (tertiary/aromatic N) is 2. The van der Waals surface area contributed by atoms with E-state index in [1.165, 1.54) is 5.56 Å². The zero-order chi connectivity index (χ0) is 15.5. The second-order valence-electron chi connectivity index (χ2n) is 5.62. The number of fused-ring (bicyclic) bond motifs is 1. The second kappa shape index (κ2) is 6.22. The second-order valence-corrected chi connectivity index (χ2v) is 5.62. The topological polar surface area (TPSA) is 53.8 Å². The summed E-state index contributed by atoms with van der Waals surface area (Å²) < 4.78 is 5.52. The van der Waals surface area contributed by atoms with Crippen LogP contribution in [-0.2, 0) is 11.2 Å². The standard InChI is InChI=1S/C17H20N2O3/c1-2-13-4-5-16-14(10-13)15(11-22-16)17(21)19-7-3-6-18(12-20)8-9-19/h4-5,10-12H,2-3,6-9H2,1H3. The molecule has 1 fully saturated rings. The van der Waals surface area contributed by atoms with E-state index in [4.69, 9.17) is 4.42 Å². The molecule has 0 unspecified atom stereocenters. The molecule has 0 bridgehead atoms. The molecule has 0 N–H and O–H groups in total. The van der Waals surface area contributed by atoms with Gasteiger partial charge in [-0.25, -0.2) is 0 Å². The zero-order valence-corrected chi connectivity index (χ0v) is 12.7. The van der Waals surface area contributed by atoms with E-state index in [2.05, 4.69) is 6.92 Å². The van der Waals surface area contributed by atoms with Crippen LogP contribution in [0.1, 0.15) is 29.3 Å². The van der Waals surface area contributed by atoms with Gasteiger partial charge in [0.15, 0.2) is 0 Å². The fourth-order valence-electron chi connectivity index (χ4n) is 2.88. The normalized spacial score (nSPS) is 15.9. The van der Waals surface area contributed by atoms with Crippen LogP contribution in [0.25, 0.3) is 11.0 Å². The van der Waals surface area contributed by atoms with Crippen LogP contribution in [0.15, 0.2) is 28.9 Å². The Kier molecular flexibility index (Phi) is 4.13. The molecule has 0 atom stereocenters. The highest BCUT2D eigenvalue weighted by atomic mass is 16.3. The average Bonchev–Trinajstić information content (AvgIpc) is 2.82. The van der Waals surface area contributed by atoms with E-state index in [-0.39, 0.29) is 5.91 Å². The van der Waals surface area contributed by atoms with Gasteiger partial charge in [-0.3, -0.25) is 9.59 Å². The zero-order valence-electron chi connectivity index (χ0n) is 12.7. The Morgan fingerprint density at radius 3 is 2.91 bits per heavy atom. The van der Waals surface area contributed by atoms with Crippen molar-refractivity contribution in [3.05, 3.63) is 35.6 Å². The molecule has 0 aliphatic carbocycles. The largest absolute Gasteiger partial charge is 0.463 e. The number of carbonyl (C=O) groups excluding carboxylic acids is 2. The summed E-state index contributed by atoms with van der Waals surface area (Å²) in [6, 6.07) is 5.97. The van der Waals surface area contributed by atoms with Gasteiger partial charge in [-0.1, -0.05) is 13.0 Å². The smallest absolute Gasteiger partial charge is 0.257 e. The molecular weight excluding hydrogens is 280 g/mol. The van der Waals surface area contributed by atoms with Gasteiger partial charge in [-0.05, 0) is 30.5 Å². The SMILES string of the molecule is CCc1ccc2occ(C(=O)N3CCCN(C=O)CC3)c2c1. The minimum absolute atomic E-state index is 0.0141. The fraction of sp³-hybridized carbons (Fsp3) is 0.412. The number of hydrogen-bond donors (Lipinski definition) is 0. The number of amides is 2. The van der Waals surface area contributed by atoms with E-state index >= 15 is 0 Å². The number of aryl methyl sites for hydroxylation is 1. The van der Waals surface area contributed by atoms with E-state index in [1.807, 2.05) is 23.1 Å². The summed E-state index contributed by atoms with van der Waals surface area (Å²) in [6.07, 6.45) is 4.14. The van der Waals surface area contributed by atoms with Gasteiger partial charge in [0.25, 0.3) is 5.91 Å². The summed E-state index contributed by atoms with van der Waals surface area (Å²) in [5.74, 6) is -0.0141. The van der Waals surface area contributed by atoms with Gasteiger partial charge in [0.1, 0.15) is 11.8 Å². The van der Waals surface area contributed by atoms with Crippen LogP contribution in [0.5, 0.6) is 0 Å². The van der Waals surface area contributed by atoms with Crippen molar-refractivity contribution in [1.82, 2.24) is 9.80 Å². The first kappa shape index (κ1) is 14.6. The Hall–Kier alpha value is -2.30. The van der Waals surface area contributed by atoms with Crippen LogP contribution in [0.2, 0.25) is 0 Å². The number of benzene rings is 1. The van der Waals surface area contributed by atoms with E-state index in [9.17, 15) is 9.59 Å². The third-order valence-corrected chi connectivity index (χ3v) is 4.24. The Labute approximate surface area is 129 Å². The summed E-state index contributed by atoms with van der Waals surface area (Å²) >= 11 is 0. The average molecular weight is 300 g/mol. The van der Waals surface area contributed by atoms with Crippen molar-refractivity contribution in [1.29, 1.82) is 0 Å². The Morgan fingerprint density at radius 1 is 1.27 bits per heavy atom. The summed E-state index contributed by atoms with van der Waals surface area (Å²) in [5, 5.41) is 0.876. The van der Waals surface area contributed by atoms with Gasteiger partial charge in [0.05, 0.1) is 5.56 Å². The lowest BCUT2D eigenvalue weighted by Gasteiger charge is -2.19. The Bertz CT molecular complexity index is 692.